The number of para-hydroxylation sites is 1. The molecule has 1 aliphatic rings. The maximum atomic E-state index is 13.6. The molecule has 1 amide bonds. The minimum Gasteiger partial charge on any atom is -0.368 e. The van der Waals surface area contributed by atoms with Gasteiger partial charge in [0.15, 0.2) is 0 Å². The molecule has 4 aromatic rings. The van der Waals surface area contributed by atoms with Crippen molar-refractivity contribution >= 4 is 22.5 Å². The monoisotopic (exact) mass is 407 g/mol. The van der Waals surface area contributed by atoms with Crippen LogP contribution in [0.15, 0.2) is 84.9 Å². The van der Waals surface area contributed by atoms with E-state index in [0.29, 0.717) is 13.1 Å². The van der Waals surface area contributed by atoms with Crippen LogP contribution >= 0.6 is 0 Å². The second-order valence-corrected chi connectivity index (χ2v) is 8.06. The molecule has 1 aliphatic heterocycles. The van der Waals surface area contributed by atoms with Crippen molar-refractivity contribution in [1.82, 2.24) is 9.88 Å². The lowest BCUT2D eigenvalue weighted by Gasteiger charge is -2.36. The molecule has 0 saturated carbocycles. The number of nitrogens with zero attached hydrogens (tertiary/aromatic N) is 3. The molecule has 0 bridgehead atoms. The van der Waals surface area contributed by atoms with E-state index in [1.807, 2.05) is 65.6 Å². The van der Waals surface area contributed by atoms with Gasteiger partial charge in [-0.25, -0.2) is 4.98 Å². The van der Waals surface area contributed by atoms with Crippen molar-refractivity contribution in [2.75, 3.05) is 31.1 Å². The summed E-state index contributed by atoms with van der Waals surface area (Å²) in [5, 5.41) is 0.910. The average molecular weight is 408 g/mol. The average Bonchev–Trinajstić information content (AvgIpc) is 2.83. The maximum absolute atomic E-state index is 13.6. The Kier molecular flexibility index (Phi) is 5.13. The van der Waals surface area contributed by atoms with Gasteiger partial charge in [-0.3, -0.25) is 4.79 Å². The number of anilines is 1. The Morgan fingerprint density at radius 1 is 0.806 bits per heavy atom. The molecule has 0 aliphatic carbocycles. The van der Waals surface area contributed by atoms with Crippen molar-refractivity contribution in [3.05, 3.63) is 96.1 Å². The molecule has 3 aromatic carbocycles. The Balaban J connectivity index is 1.43. The molecule has 0 atom stereocenters. The zero-order valence-electron chi connectivity index (χ0n) is 17.7. The highest BCUT2D eigenvalue weighted by Crippen LogP contribution is 2.26. The molecule has 5 rings (SSSR count). The van der Waals surface area contributed by atoms with Crippen molar-refractivity contribution in [3.63, 3.8) is 0 Å². The van der Waals surface area contributed by atoms with Gasteiger partial charge in [0.1, 0.15) is 0 Å². The fourth-order valence-electron chi connectivity index (χ4n) is 4.27. The van der Waals surface area contributed by atoms with E-state index >= 15 is 0 Å². The molecule has 1 saturated heterocycles. The van der Waals surface area contributed by atoms with E-state index in [4.69, 9.17) is 4.98 Å². The highest BCUT2D eigenvalue weighted by Gasteiger charge is 2.24. The van der Waals surface area contributed by atoms with Gasteiger partial charge in [0, 0.05) is 42.8 Å². The highest BCUT2D eigenvalue weighted by molar-refractivity contribution is 6.07. The molecule has 0 radical (unpaired) electrons. The number of rotatable bonds is 3. The summed E-state index contributed by atoms with van der Waals surface area (Å²) in [6.07, 6.45) is 0. The maximum Gasteiger partial charge on any atom is 0.254 e. The first kappa shape index (κ1) is 19.3. The Labute approximate surface area is 182 Å². The molecule has 4 heteroatoms. The number of pyridine rings is 1. The third kappa shape index (κ3) is 3.89. The summed E-state index contributed by atoms with van der Waals surface area (Å²) in [5.41, 5.74) is 5.92. The van der Waals surface area contributed by atoms with Crippen LogP contribution in [0.25, 0.3) is 22.2 Å². The molecule has 0 N–H and O–H groups in total. The number of aryl methyl sites for hydroxylation is 1. The van der Waals surface area contributed by atoms with E-state index in [-0.39, 0.29) is 5.91 Å². The van der Waals surface area contributed by atoms with E-state index in [9.17, 15) is 4.79 Å². The van der Waals surface area contributed by atoms with Crippen LogP contribution in [0.5, 0.6) is 0 Å². The van der Waals surface area contributed by atoms with Crippen LogP contribution < -0.4 is 4.90 Å². The fraction of sp³-hybridized carbons (Fsp3) is 0.185. The van der Waals surface area contributed by atoms with Crippen molar-refractivity contribution < 1.29 is 4.79 Å². The Bertz CT molecular complexity index is 1230. The first-order valence-electron chi connectivity index (χ1n) is 10.8. The SMILES string of the molecule is Cc1cccc(N2CCN(C(=O)c3cc(-c4ccccc4)nc4ccccc34)CC2)c1. The van der Waals surface area contributed by atoms with Gasteiger partial charge in [0.25, 0.3) is 5.91 Å². The van der Waals surface area contributed by atoms with Gasteiger partial charge in [-0.2, -0.15) is 0 Å². The van der Waals surface area contributed by atoms with E-state index in [2.05, 4.69) is 36.1 Å². The second kappa shape index (κ2) is 8.23. The minimum atomic E-state index is 0.0830. The Hall–Kier alpha value is -3.66. The second-order valence-electron chi connectivity index (χ2n) is 8.06. The molecule has 31 heavy (non-hydrogen) atoms. The third-order valence-corrected chi connectivity index (χ3v) is 5.95. The van der Waals surface area contributed by atoms with Gasteiger partial charge >= 0.3 is 0 Å². The molecule has 4 nitrogen and oxygen atoms in total. The highest BCUT2D eigenvalue weighted by atomic mass is 16.2. The molecular weight excluding hydrogens is 382 g/mol. The zero-order valence-corrected chi connectivity index (χ0v) is 17.7. The summed E-state index contributed by atoms with van der Waals surface area (Å²) < 4.78 is 0. The number of piperazine rings is 1. The van der Waals surface area contributed by atoms with Crippen molar-refractivity contribution in [3.8, 4) is 11.3 Å². The molecule has 2 heterocycles. The number of fused-ring (bicyclic) bond motifs is 1. The summed E-state index contributed by atoms with van der Waals surface area (Å²) in [6.45, 7) is 5.21. The number of benzene rings is 3. The van der Waals surface area contributed by atoms with Crippen LogP contribution in [-0.2, 0) is 0 Å². The predicted molar refractivity (Wildman–Crippen MR) is 126 cm³/mol. The number of amides is 1. The predicted octanol–water partition coefficient (Wildman–Crippen LogP) is 5.17. The fourth-order valence-corrected chi connectivity index (χ4v) is 4.27. The van der Waals surface area contributed by atoms with Gasteiger partial charge < -0.3 is 9.80 Å². The Morgan fingerprint density at radius 2 is 1.55 bits per heavy atom. The minimum absolute atomic E-state index is 0.0830. The molecule has 0 unspecified atom stereocenters. The van der Waals surface area contributed by atoms with Crippen molar-refractivity contribution in [2.45, 2.75) is 6.92 Å². The van der Waals surface area contributed by atoms with Gasteiger partial charge in [0.05, 0.1) is 16.8 Å². The summed E-state index contributed by atoms with van der Waals surface area (Å²) in [5.74, 6) is 0.0830. The van der Waals surface area contributed by atoms with Crippen LogP contribution in [0.2, 0.25) is 0 Å². The molecule has 1 fully saturated rings. The van der Waals surface area contributed by atoms with E-state index in [1.54, 1.807) is 0 Å². The zero-order chi connectivity index (χ0) is 21.2. The largest absolute Gasteiger partial charge is 0.368 e. The lowest BCUT2D eigenvalue weighted by atomic mass is 10.0. The number of hydrogen-bond acceptors (Lipinski definition) is 3. The molecule has 0 spiro atoms. The van der Waals surface area contributed by atoms with E-state index < -0.39 is 0 Å². The first-order valence-corrected chi connectivity index (χ1v) is 10.8. The van der Waals surface area contributed by atoms with Crippen molar-refractivity contribution in [1.29, 1.82) is 0 Å². The van der Waals surface area contributed by atoms with Gasteiger partial charge in [-0.1, -0.05) is 60.7 Å². The van der Waals surface area contributed by atoms with Crippen LogP contribution in [0.1, 0.15) is 15.9 Å². The van der Waals surface area contributed by atoms with E-state index in [0.717, 1.165) is 40.8 Å². The first-order chi connectivity index (χ1) is 15.2. The lowest BCUT2D eigenvalue weighted by molar-refractivity contribution is 0.0748. The summed E-state index contributed by atoms with van der Waals surface area (Å²) >= 11 is 0. The normalized spacial score (nSPS) is 14.1. The Morgan fingerprint density at radius 3 is 2.32 bits per heavy atom. The van der Waals surface area contributed by atoms with E-state index in [1.165, 1.54) is 11.3 Å². The van der Waals surface area contributed by atoms with Crippen LogP contribution in [-0.4, -0.2) is 42.0 Å². The quantitative estimate of drug-likeness (QED) is 0.470. The third-order valence-electron chi connectivity index (χ3n) is 5.95. The number of aromatic nitrogens is 1. The number of carbonyl (C=O) groups is 1. The molecular formula is C27H25N3O. The number of hydrogen-bond donors (Lipinski definition) is 0. The number of carbonyl (C=O) groups excluding carboxylic acids is 1. The smallest absolute Gasteiger partial charge is 0.254 e. The van der Waals surface area contributed by atoms with Crippen LogP contribution in [0.3, 0.4) is 0 Å². The summed E-state index contributed by atoms with van der Waals surface area (Å²) in [6, 6.07) is 28.5. The van der Waals surface area contributed by atoms with Gasteiger partial charge in [-0.15, -0.1) is 0 Å². The van der Waals surface area contributed by atoms with Gasteiger partial charge in [0.2, 0.25) is 0 Å². The standard InChI is InChI=1S/C27H25N3O/c1-20-8-7-11-22(18-20)29-14-16-30(17-15-29)27(31)24-19-26(21-9-3-2-4-10-21)28-25-13-6-5-12-23(24)25/h2-13,18-19H,14-17H2,1H3. The molecule has 154 valence electrons. The lowest BCUT2D eigenvalue weighted by Crippen LogP contribution is -2.48. The molecule has 1 aromatic heterocycles. The topological polar surface area (TPSA) is 36.4 Å². The summed E-state index contributed by atoms with van der Waals surface area (Å²) in [4.78, 5) is 22.7. The summed E-state index contributed by atoms with van der Waals surface area (Å²) in [7, 11) is 0. The van der Waals surface area contributed by atoms with Crippen LogP contribution in [0, 0.1) is 6.92 Å². The van der Waals surface area contributed by atoms with Crippen molar-refractivity contribution in [2.24, 2.45) is 0 Å². The van der Waals surface area contributed by atoms with Gasteiger partial charge in [-0.05, 0) is 36.8 Å². The van der Waals surface area contributed by atoms with Crippen LogP contribution in [0.4, 0.5) is 5.69 Å².